The molecule has 0 saturated carbocycles. The lowest BCUT2D eigenvalue weighted by molar-refractivity contribution is -0.126. The molecule has 4 rings (SSSR count). The number of halogens is 1. The summed E-state index contributed by atoms with van der Waals surface area (Å²) in [5.74, 6) is -0.0698. The van der Waals surface area contributed by atoms with Gasteiger partial charge in [-0.25, -0.2) is 0 Å². The standard InChI is InChI=1S/C24H20ClNOS/c1-2-23(27)26-16-18-9-6-7-14-22(18)28-24(17-26,19-10-4-3-5-11-19)20-12-8-13-21(25)15-20/h2-15H,1,16-17H2. The van der Waals surface area contributed by atoms with Gasteiger partial charge in [0.2, 0.25) is 5.91 Å². The van der Waals surface area contributed by atoms with E-state index < -0.39 is 4.75 Å². The molecule has 0 spiro atoms. The SMILES string of the molecule is C=CC(=O)N1Cc2ccccc2SC(c2ccccc2)(c2cccc(Cl)c2)C1. The van der Waals surface area contributed by atoms with Gasteiger partial charge in [0.25, 0.3) is 0 Å². The van der Waals surface area contributed by atoms with Crippen LogP contribution in [0, 0.1) is 0 Å². The first kappa shape index (κ1) is 18.9. The van der Waals surface area contributed by atoms with Crippen LogP contribution < -0.4 is 0 Å². The number of nitrogens with zero attached hydrogens (tertiary/aromatic N) is 1. The van der Waals surface area contributed by atoms with Crippen molar-refractivity contribution >= 4 is 29.3 Å². The van der Waals surface area contributed by atoms with E-state index in [9.17, 15) is 4.79 Å². The van der Waals surface area contributed by atoms with Crippen LogP contribution in [-0.2, 0) is 16.1 Å². The summed E-state index contributed by atoms with van der Waals surface area (Å²) in [6.07, 6.45) is 1.40. The second kappa shape index (κ2) is 7.86. The predicted molar refractivity (Wildman–Crippen MR) is 117 cm³/mol. The third kappa shape index (κ3) is 3.48. The minimum absolute atomic E-state index is 0.0698. The molecule has 3 aromatic carbocycles. The van der Waals surface area contributed by atoms with E-state index in [1.165, 1.54) is 11.0 Å². The largest absolute Gasteiger partial charge is 0.333 e. The smallest absolute Gasteiger partial charge is 0.246 e. The van der Waals surface area contributed by atoms with Gasteiger partial charge in [0.1, 0.15) is 0 Å². The van der Waals surface area contributed by atoms with E-state index in [1.807, 2.05) is 53.4 Å². The van der Waals surface area contributed by atoms with Crippen LogP contribution in [0.25, 0.3) is 0 Å². The number of thioether (sulfide) groups is 1. The molecule has 0 radical (unpaired) electrons. The summed E-state index contributed by atoms with van der Waals surface area (Å²) in [5, 5.41) is 0.688. The summed E-state index contributed by atoms with van der Waals surface area (Å²) < 4.78 is -0.475. The van der Waals surface area contributed by atoms with E-state index in [0.717, 1.165) is 16.7 Å². The summed E-state index contributed by atoms with van der Waals surface area (Å²) >= 11 is 8.16. The van der Waals surface area contributed by atoms with E-state index in [1.54, 1.807) is 11.8 Å². The highest BCUT2D eigenvalue weighted by Crippen LogP contribution is 2.50. The quantitative estimate of drug-likeness (QED) is 0.505. The minimum atomic E-state index is -0.475. The van der Waals surface area contributed by atoms with Gasteiger partial charge in [0.05, 0.1) is 4.75 Å². The fraction of sp³-hybridized carbons (Fsp3) is 0.125. The zero-order chi connectivity index (χ0) is 19.6. The molecule has 0 bridgehead atoms. The number of rotatable bonds is 3. The Hall–Kier alpha value is -2.49. The van der Waals surface area contributed by atoms with Crippen LogP contribution in [0.2, 0.25) is 5.02 Å². The van der Waals surface area contributed by atoms with Gasteiger partial charge in [-0.05, 0) is 41.0 Å². The summed E-state index contributed by atoms with van der Waals surface area (Å²) in [6, 6.07) is 26.6. The summed E-state index contributed by atoms with van der Waals surface area (Å²) in [5.41, 5.74) is 3.36. The number of carbonyl (C=O) groups excluding carboxylic acids is 1. The van der Waals surface area contributed by atoms with Gasteiger partial charge in [-0.2, -0.15) is 0 Å². The monoisotopic (exact) mass is 405 g/mol. The first-order valence-electron chi connectivity index (χ1n) is 9.12. The third-order valence-corrected chi connectivity index (χ3v) is 6.85. The van der Waals surface area contributed by atoms with Crippen molar-refractivity contribution in [3.63, 3.8) is 0 Å². The van der Waals surface area contributed by atoms with Crippen molar-refractivity contribution in [2.24, 2.45) is 0 Å². The van der Waals surface area contributed by atoms with Crippen molar-refractivity contribution < 1.29 is 4.79 Å². The van der Waals surface area contributed by atoms with Crippen LogP contribution in [0.15, 0.2) is 96.4 Å². The molecule has 0 aliphatic carbocycles. The molecule has 0 N–H and O–H groups in total. The fourth-order valence-electron chi connectivity index (χ4n) is 3.68. The van der Waals surface area contributed by atoms with Crippen molar-refractivity contribution in [3.8, 4) is 0 Å². The molecule has 140 valence electrons. The number of carbonyl (C=O) groups is 1. The van der Waals surface area contributed by atoms with E-state index in [4.69, 9.17) is 11.6 Å². The van der Waals surface area contributed by atoms with E-state index in [-0.39, 0.29) is 5.91 Å². The molecule has 0 saturated heterocycles. The van der Waals surface area contributed by atoms with Crippen LogP contribution >= 0.6 is 23.4 Å². The predicted octanol–water partition coefficient (Wildman–Crippen LogP) is 5.90. The molecule has 1 unspecified atom stereocenters. The van der Waals surface area contributed by atoms with Crippen LogP contribution in [0.3, 0.4) is 0 Å². The van der Waals surface area contributed by atoms with Crippen molar-refractivity contribution in [3.05, 3.63) is 113 Å². The molecule has 0 aromatic heterocycles. The van der Waals surface area contributed by atoms with Crippen molar-refractivity contribution in [2.45, 2.75) is 16.2 Å². The first-order valence-corrected chi connectivity index (χ1v) is 10.3. The molecule has 2 nitrogen and oxygen atoms in total. The number of hydrogen-bond acceptors (Lipinski definition) is 2. The maximum atomic E-state index is 12.7. The first-order chi connectivity index (χ1) is 13.6. The maximum Gasteiger partial charge on any atom is 0.246 e. The van der Waals surface area contributed by atoms with Crippen LogP contribution in [0.5, 0.6) is 0 Å². The lowest BCUT2D eigenvalue weighted by Crippen LogP contribution is -2.40. The van der Waals surface area contributed by atoms with Gasteiger partial charge < -0.3 is 4.90 Å². The van der Waals surface area contributed by atoms with Crippen molar-refractivity contribution in [1.29, 1.82) is 0 Å². The fourth-order valence-corrected chi connectivity index (χ4v) is 5.38. The zero-order valence-corrected chi connectivity index (χ0v) is 16.9. The van der Waals surface area contributed by atoms with Gasteiger partial charge in [-0.3, -0.25) is 4.79 Å². The molecule has 1 heterocycles. The summed E-state index contributed by atoms with van der Waals surface area (Å²) in [6.45, 7) is 4.80. The Morgan fingerprint density at radius 1 is 1.00 bits per heavy atom. The Morgan fingerprint density at radius 3 is 2.46 bits per heavy atom. The molecule has 1 aliphatic heterocycles. The number of hydrogen-bond donors (Lipinski definition) is 0. The molecule has 1 amide bonds. The second-order valence-electron chi connectivity index (χ2n) is 6.81. The summed E-state index contributed by atoms with van der Waals surface area (Å²) in [7, 11) is 0. The highest BCUT2D eigenvalue weighted by Gasteiger charge is 2.41. The van der Waals surface area contributed by atoms with Gasteiger partial charge >= 0.3 is 0 Å². The molecule has 4 heteroatoms. The molecule has 28 heavy (non-hydrogen) atoms. The van der Waals surface area contributed by atoms with Gasteiger partial charge in [-0.1, -0.05) is 78.8 Å². The Labute approximate surface area is 174 Å². The summed E-state index contributed by atoms with van der Waals surface area (Å²) in [4.78, 5) is 15.8. The average Bonchev–Trinajstić information content (AvgIpc) is 2.92. The van der Waals surface area contributed by atoms with Crippen molar-refractivity contribution in [2.75, 3.05) is 6.54 Å². The van der Waals surface area contributed by atoms with E-state index in [0.29, 0.717) is 18.1 Å². The maximum absolute atomic E-state index is 12.7. The number of benzene rings is 3. The molecular weight excluding hydrogens is 386 g/mol. The Bertz CT molecular complexity index is 1020. The lowest BCUT2D eigenvalue weighted by atomic mass is 9.89. The number of amides is 1. The van der Waals surface area contributed by atoms with E-state index >= 15 is 0 Å². The van der Waals surface area contributed by atoms with Gasteiger partial charge in [0, 0.05) is 23.0 Å². The molecule has 1 atom stereocenters. The Balaban J connectivity index is 1.98. The topological polar surface area (TPSA) is 20.3 Å². The van der Waals surface area contributed by atoms with Crippen molar-refractivity contribution in [1.82, 2.24) is 4.90 Å². The molecule has 1 aliphatic rings. The second-order valence-corrected chi connectivity index (χ2v) is 8.59. The molecular formula is C24H20ClNOS. The Morgan fingerprint density at radius 2 is 1.71 bits per heavy atom. The molecule has 0 fully saturated rings. The van der Waals surface area contributed by atoms with Gasteiger partial charge in [0.15, 0.2) is 0 Å². The highest BCUT2D eigenvalue weighted by molar-refractivity contribution is 8.00. The van der Waals surface area contributed by atoms with Crippen LogP contribution in [0.1, 0.15) is 16.7 Å². The highest BCUT2D eigenvalue weighted by atomic mass is 35.5. The van der Waals surface area contributed by atoms with Crippen LogP contribution in [-0.4, -0.2) is 17.4 Å². The zero-order valence-electron chi connectivity index (χ0n) is 15.3. The minimum Gasteiger partial charge on any atom is -0.333 e. The third-order valence-electron chi connectivity index (χ3n) is 5.05. The van der Waals surface area contributed by atoms with E-state index in [2.05, 4.69) is 36.9 Å². The van der Waals surface area contributed by atoms with Gasteiger partial charge in [-0.15, -0.1) is 11.8 Å². The number of fused-ring (bicyclic) bond motifs is 1. The normalized spacial score (nSPS) is 18.8. The Kier molecular flexibility index (Phi) is 5.29. The average molecular weight is 406 g/mol. The van der Waals surface area contributed by atoms with Crippen LogP contribution in [0.4, 0.5) is 0 Å². The molecule has 3 aromatic rings. The lowest BCUT2D eigenvalue weighted by Gasteiger charge is -2.36.